The van der Waals surface area contributed by atoms with Gasteiger partial charge < -0.3 is 25.8 Å². The van der Waals surface area contributed by atoms with Crippen molar-refractivity contribution in [1.82, 2.24) is 10.6 Å². The van der Waals surface area contributed by atoms with E-state index in [1.807, 2.05) is 61.5 Å². The van der Waals surface area contributed by atoms with Crippen LogP contribution in [0.2, 0.25) is 0 Å². The van der Waals surface area contributed by atoms with E-state index in [9.17, 15) is 14.4 Å². The van der Waals surface area contributed by atoms with E-state index in [1.165, 1.54) is 0 Å². The van der Waals surface area contributed by atoms with Crippen LogP contribution in [0.4, 0.5) is 0 Å². The second-order valence-electron chi connectivity index (χ2n) is 8.65. The Morgan fingerprint density at radius 1 is 0.971 bits per heavy atom. The van der Waals surface area contributed by atoms with Crippen LogP contribution in [0.1, 0.15) is 44.2 Å². The van der Waals surface area contributed by atoms with E-state index in [0.29, 0.717) is 38.2 Å². The SMILES string of the molecule is CCC(COC)NC(=O)C(Cc1ccc(OCc2ccccc2)cc1)NC(=O)CCC(C)C(N)=O. The highest BCUT2D eigenvalue weighted by Gasteiger charge is 2.24. The zero-order valence-electron chi connectivity index (χ0n) is 20.8. The summed E-state index contributed by atoms with van der Waals surface area (Å²) in [6, 6.07) is 16.4. The number of rotatable bonds is 15. The number of hydrogen-bond donors (Lipinski definition) is 3. The molecule has 190 valence electrons. The highest BCUT2D eigenvalue weighted by molar-refractivity contribution is 5.88. The van der Waals surface area contributed by atoms with Crippen LogP contribution < -0.4 is 21.1 Å². The van der Waals surface area contributed by atoms with Gasteiger partial charge in [0, 0.05) is 25.9 Å². The van der Waals surface area contributed by atoms with Crippen LogP contribution in [0.15, 0.2) is 54.6 Å². The Morgan fingerprint density at radius 2 is 1.66 bits per heavy atom. The number of nitrogens with one attached hydrogen (secondary N) is 2. The van der Waals surface area contributed by atoms with E-state index in [0.717, 1.165) is 11.1 Å². The number of amides is 3. The van der Waals surface area contributed by atoms with Crippen molar-refractivity contribution in [1.29, 1.82) is 0 Å². The van der Waals surface area contributed by atoms with Crippen molar-refractivity contribution in [3.05, 3.63) is 65.7 Å². The van der Waals surface area contributed by atoms with Gasteiger partial charge in [0.2, 0.25) is 17.7 Å². The topological polar surface area (TPSA) is 120 Å². The molecule has 0 heterocycles. The largest absolute Gasteiger partial charge is 0.489 e. The molecule has 0 aromatic heterocycles. The smallest absolute Gasteiger partial charge is 0.243 e. The number of benzene rings is 2. The molecule has 0 bridgehead atoms. The molecule has 3 unspecified atom stereocenters. The van der Waals surface area contributed by atoms with Crippen LogP contribution in [0.5, 0.6) is 5.75 Å². The molecule has 0 fully saturated rings. The molecule has 8 nitrogen and oxygen atoms in total. The van der Waals surface area contributed by atoms with Gasteiger partial charge in [-0.1, -0.05) is 56.3 Å². The quantitative estimate of drug-likeness (QED) is 0.360. The summed E-state index contributed by atoms with van der Waals surface area (Å²) in [4.78, 5) is 36.8. The Bertz CT molecular complexity index is 934. The minimum absolute atomic E-state index is 0.107. The summed E-state index contributed by atoms with van der Waals surface area (Å²) >= 11 is 0. The first-order chi connectivity index (χ1) is 16.8. The Morgan fingerprint density at radius 3 is 2.26 bits per heavy atom. The Kier molecular flexibility index (Phi) is 11.8. The molecule has 3 amide bonds. The lowest BCUT2D eigenvalue weighted by Gasteiger charge is -2.23. The molecule has 0 saturated carbocycles. The second-order valence-corrected chi connectivity index (χ2v) is 8.65. The van der Waals surface area contributed by atoms with Crippen molar-refractivity contribution in [3.63, 3.8) is 0 Å². The zero-order valence-corrected chi connectivity index (χ0v) is 20.8. The molecule has 3 atom stereocenters. The van der Waals surface area contributed by atoms with Gasteiger partial charge in [0.15, 0.2) is 0 Å². The van der Waals surface area contributed by atoms with Gasteiger partial charge in [-0.2, -0.15) is 0 Å². The summed E-state index contributed by atoms with van der Waals surface area (Å²) in [7, 11) is 1.58. The lowest BCUT2D eigenvalue weighted by Crippen LogP contribution is -2.51. The maximum atomic E-state index is 13.0. The molecule has 35 heavy (non-hydrogen) atoms. The maximum Gasteiger partial charge on any atom is 0.243 e. The van der Waals surface area contributed by atoms with Crippen molar-refractivity contribution >= 4 is 17.7 Å². The van der Waals surface area contributed by atoms with Crippen molar-refractivity contribution in [2.75, 3.05) is 13.7 Å². The number of nitrogens with two attached hydrogens (primary N) is 1. The Hall–Kier alpha value is -3.39. The van der Waals surface area contributed by atoms with E-state index < -0.39 is 17.9 Å². The standard InChI is InChI=1S/C27H37N3O5/c1-4-22(18-34-3)29-27(33)24(30-25(31)15-10-19(2)26(28)32)16-20-11-13-23(14-12-20)35-17-21-8-6-5-7-9-21/h5-9,11-14,19,22,24H,4,10,15-18H2,1-3H3,(H2,28,32)(H,29,33)(H,30,31). The average Bonchev–Trinajstić information content (AvgIpc) is 2.86. The van der Waals surface area contributed by atoms with Gasteiger partial charge >= 0.3 is 0 Å². The van der Waals surface area contributed by atoms with Crippen LogP contribution in [0, 0.1) is 5.92 Å². The summed E-state index contributed by atoms with van der Waals surface area (Å²) in [5.74, 6) is -0.737. The van der Waals surface area contributed by atoms with Gasteiger partial charge in [-0.05, 0) is 36.1 Å². The molecule has 0 aliphatic rings. The molecule has 4 N–H and O–H groups in total. The molecule has 0 radical (unpaired) electrons. The lowest BCUT2D eigenvalue weighted by atomic mass is 10.0. The van der Waals surface area contributed by atoms with Gasteiger partial charge in [-0.3, -0.25) is 14.4 Å². The summed E-state index contributed by atoms with van der Waals surface area (Å²) in [6.07, 6.45) is 1.44. The third-order valence-corrected chi connectivity index (χ3v) is 5.76. The number of carbonyl (C=O) groups excluding carboxylic acids is 3. The van der Waals surface area contributed by atoms with Crippen molar-refractivity contribution in [3.8, 4) is 5.75 Å². The van der Waals surface area contributed by atoms with Gasteiger partial charge in [0.1, 0.15) is 18.4 Å². The Labute approximate surface area is 207 Å². The van der Waals surface area contributed by atoms with E-state index in [-0.39, 0.29) is 24.3 Å². The van der Waals surface area contributed by atoms with Crippen LogP contribution in [0.25, 0.3) is 0 Å². The molecule has 0 saturated heterocycles. The fourth-order valence-corrected chi connectivity index (χ4v) is 3.43. The molecule has 0 spiro atoms. The predicted octanol–water partition coefficient (Wildman–Crippen LogP) is 2.74. The number of methoxy groups -OCH3 is 1. The third kappa shape index (κ3) is 10.2. The third-order valence-electron chi connectivity index (χ3n) is 5.76. The summed E-state index contributed by atoms with van der Waals surface area (Å²) < 4.78 is 11.0. The molecule has 2 rings (SSSR count). The second kappa shape index (κ2) is 14.8. The van der Waals surface area contributed by atoms with Gasteiger partial charge in [-0.25, -0.2) is 0 Å². The molecule has 2 aromatic carbocycles. The molecule has 8 heteroatoms. The highest BCUT2D eigenvalue weighted by atomic mass is 16.5. The first-order valence-corrected chi connectivity index (χ1v) is 12.0. The molecule has 0 aliphatic heterocycles. The van der Waals surface area contributed by atoms with Gasteiger partial charge in [-0.15, -0.1) is 0 Å². The summed E-state index contributed by atoms with van der Waals surface area (Å²) in [5.41, 5.74) is 7.23. The summed E-state index contributed by atoms with van der Waals surface area (Å²) in [5, 5.41) is 5.77. The number of ether oxygens (including phenoxy) is 2. The van der Waals surface area contributed by atoms with Crippen LogP contribution in [-0.4, -0.2) is 43.5 Å². The fraction of sp³-hybridized carbons (Fsp3) is 0.444. The number of primary amides is 1. The first-order valence-electron chi connectivity index (χ1n) is 12.0. The van der Waals surface area contributed by atoms with Crippen LogP contribution >= 0.6 is 0 Å². The van der Waals surface area contributed by atoms with Crippen molar-refractivity contribution in [2.24, 2.45) is 11.7 Å². The normalized spacial score (nSPS) is 13.3. The minimum atomic E-state index is -0.770. The summed E-state index contributed by atoms with van der Waals surface area (Å²) in [6.45, 7) is 4.48. The predicted molar refractivity (Wildman–Crippen MR) is 135 cm³/mol. The fourth-order valence-electron chi connectivity index (χ4n) is 3.43. The van der Waals surface area contributed by atoms with E-state index >= 15 is 0 Å². The maximum absolute atomic E-state index is 13.0. The lowest BCUT2D eigenvalue weighted by molar-refractivity contribution is -0.130. The Balaban J connectivity index is 2.03. The van der Waals surface area contributed by atoms with Crippen LogP contribution in [0.3, 0.4) is 0 Å². The molecule has 2 aromatic rings. The van der Waals surface area contributed by atoms with Crippen molar-refractivity contribution < 1.29 is 23.9 Å². The molecule has 0 aliphatic carbocycles. The molecular formula is C27H37N3O5. The van der Waals surface area contributed by atoms with E-state index in [1.54, 1.807) is 14.0 Å². The van der Waals surface area contributed by atoms with Crippen LogP contribution in [-0.2, 0) is 32.1 Å². The highest BCUT2D eigenvalue weighted by Crippen LogP contribution is 2.16. The van der Waals surface area contributed by atoms with Gasteiger partial charge in [0.05, 0.1) is 12.6 Å². The van der Waals surface area contributed by atoms with E-state index in [4.69, 9.17) is 15.2 Å². The average molecular weight is 484 g/mol. The van der Waals surface area contributed by atoms with E-state index in [2.05, 4.69) is 10.6 Å². The van der Waals surface area contributed by atoms with Gasteiger partial charge in [0.25, 0.3) is 0 Å². The first kappa shape index (κ1) is 27.9. The molecular weight excluding hydrogens is 446 g/mol. The minimum Gasteiger partial charge on any atom is -0.489 e. The number of carbonyl (C=O) groups is 3. The number of hydrogen-bond acceptors (Lipinski definition) is 5. The van der Waals surface area contributed by atoms with Crippen molar-refractivity contribution in [2.45, 2.75) is 58.2 Å². The monoisotopic (exact) mass is 483 g/mol. The zero-order chi connectivity index (χ0) is 25.6.